The van der Waals surface area contributed by atoms with Crippen LogP contribution < -0.4 is 0 Å². The van der Waals surface area contributed by atoms with Crippen LogP contribution >= 0.6 is 0 Å². The topological polar surface area (TPSA) is 102 Å². The standard InChI is InChI=1S/C19H18O7/c20-14-11-24-19(23)16(26-18(22)13-9-5-2-6-10-13)15(14)25-17(21)12-7-3-1-4-8-12/h1-10,14-16,19-20,23H,11H2/t14-,15-,16+,19+/m0/s1. The molecule has 1 fully saturated rings. The number of hydrogen-bond acceptors (Lipinski definition) is 7. The van der Waals surface area contributed by atoms with Crippen LogP contribution in [0.25, 0.3) is 0 Å². The van der Waals surface area contributed by atoms with Gasteiger partial charge in [0.05, 0.1) is 17.7 Å². The predicted molar refractivity (Wildman–Crippen MR) is 89.3 cm³/mol. The van der Waals surface area contributed by atoms with Crippen LogP contribution in [0.2, 0.25) is 0 Å². The summed E-state index contributed by atoms with van der Waals surface area (Å²) in [4.78, 5) is 24.5. The molecule has 2 aromatic rings. The Balaban J connectivity index is 1.76. The number of benzene rings is 2. The Hall–Kier alpha value is -2.74. The number of carbonyl (C=O) groups excluding carboxylic acids is 2. The van der Waals surface area contributed by atoms with E-state index in [-0.39, 0.29) is 17.7 Å². The zero-order valence-electron chi connectivity index (χ0n) is 13.7. The minimum absolute atomic E-state index is 0.257. The predicted octanol–water partition coefficient (Wildman–Crippen LogP) is 1.15. The molecule has 3 rings (SSSR count). The number of carbonyl (C=O) groups is 2. The van der Waals surface area contributed by atoms with Gasteiger partial charge in [0.15, 0.2) is 18.5 Å². The van der Waals surface area contributed by atoms with Gasteiger partial charge in [-0.25, -0.2) is 9.59 Å². The quantitative estimate of drug-likeness (QED) is 0.790. The van der Waals surface area contributed by atoms with Crippen molar-refractivity contribution < 1.29 is 34.0 Å². The molecule has 1 heterocycles. The van der Waals surface area contributed by atoms with E-state index in [1.54, 1.807) is 60.7 Å². The van der Waals surface area contributed by atoms with Crippen LogP contribution in [0.1, 0.15) is 20.7 Å². The fourth-order valence-electron chi connectivity index (χ4n) is 2.57. The maximum absolute atomic E-state index is 12.3. The second-order valence-corrected chi connectivity index (χ2v) is 5.76. The highest BCUT2D eigenvalue weighted by Crippen LogP contribution is 2.23. The minimum atomic E-state index is -1.53. The molecule has 1 aliphatic rings. The first-order chi connectivity index (χ1) is 12.6. The summed E-state index contributed by atoms with van der Waals surface area (Å²) in [5, 5.41) is 20.2. The van der Waals surface area contributed by atoms with Crippen molar-refractivity contribution in [3.63, 3.8) is 0 Å². The van der Waals surface area contributed by atoms with Crippen LogP contribution in [-0.2, 0) is 14.2 Å². The largest absolute Gasteiger partial charge is 0.452 e. The van der Waals surface area contributed by atoms with E-state index in [0.717, 1.165) is 0 Å². The smallest absolute Gasteiger partial charge is 0.338 e. The van der Waals surface area contributed by atoms with E-state index < -0.39 is 36.5 Å². The van der Waals surface area contributed by atoms with Crippen LogP contribution in [-0.4, -0.2) is 53.4 Å². The lowest BCUT2D eigenvalue weighted by Crippen LogP contribution is -2.56. The highest BCUT2D eigenvalue weighted by Gasteiger charge is 2.44. The zero-order chi connectivity index (χ0) is 18.5. The fraction of sp³-hybridized carbons (Fsp3) is 0.263. The highest BCUT2D eigenvalue weighted by atomic mass is 16.7. The lowest BCUT2D eigenvalue weighted by atomic mass is 10.0. The normalized spacial score (nSPS) is 25.3. The maximum atomic E-state index is 12.3. The lowest BCUT2D eigenvalue weighted by molar-refractivity contribution is -0.251. The van der Waals surface area contributed by atoms with Gasteiger partial charge in [0, 0.05) is 0 Å². The van der Waals surface area contributed by atoms with Crippen LogP contribution in [0.15, 0.2) is 60.7 Å². The summed E-state index contributed by atoms with van der Waals surface area (Å²) >= 11 is 0. The Morgan fingerprint density at radius 3 is 1.77 bits per heavy atom. The fourth-order valence-corrected chi connectivity index (χ4v) is 2.57. The van der Waals surface area contributed by atoms with E-state index in [0.29, 0.717) is 0 Å². The molecule has 0 aliphatic carbocycles. The Kier molecular flexibility index (Phi) is 5.62. The third-order valence-corrected chi connectivity index (χ3v) is 3.93. The van der Waals surface area contributed by atoms with Gasteiger partial charge < -0.3 is 24.4 Å². The first-order valence-electron chi connectivity index (χ1n) is 8.06. The average Bonchev–Trinajstić information content (AvgIpc) is 2.68. The maximum Gasteiger partial charge on any atom is 0.338 e. The Morgan fingerprint density at radius 1 is 0.808 bits per heavy atom. The Labute approximate surface area is 149 Å². The second-order valence-electron chi connectivity index (χ2n) is 5.76. The van der Waals surface area contributed by atoms with Crippen molar-refractivity contribution in [2.45, 2.75) is 24.6 Å². The van der Waals surface area contributed by atoms with Crippen LogP contribution in [0.5, 0.6) is 0 Å². The van der Waals surface area contributed by atoms with Gasteiger partial charge in [0.2, 0.25) is 0 Å². The van der Waals surface area contributed by atoms with Gasteiger partial charge in [-0.2, -0.15) is 0 Å². The van der Waals surface area contributed by atoms with Gasteiger partial charge in [-0.3, -0.25) is 0 Å². The van der Waals surface area contributed by atoms with E-state index in [1.165, 1.54) is 0 Å². The lowest BCUT2D eigenvalue weighted by Gasteiger charge is -2.37. The summed E-state index contributed by atoms with van der Waals surface area (Å²) in [5.74, 6) is -1.43. The van der Waals surface area contributed by atoms with Crippen LogP contribution in [0.4, 0.5) is 0 Å². The number of rotatable bonds is 4. The summed E-state index contributed by atoms with van der Waals surface area (Å²) in [6.45, 7) is -0.257. The zero-order valence-corrected chi connectivity index (χ0v) is 13.7. The van der Waals surface area contributed by atoms with E-state index >= 15 is 0 Å². The molecule has 7 heteroatoms. The van der Waals surface area contributed by atoms with Crippen molar-refractivity contribution in [1.29, 1.82) is 0 Å². The number of esters is 2. The molecule has 0 aromatic heterocycles. The van der Waals surface area contributed by atoms with Crippen molar-refractivity contribution in [3.05, 3.63) is 71.8 Å². The highest BCUT2D eigenvalue weighted by molar-refractivity contribution is 5.90. The molecule has 136 valence electrons. The summed E-state index contributed by atoms with van der Waals surface area (Å²) in [5.41, 5.74) is 0.529. The molecule has 0 saturated carbocycles. The van der Waals surface area contributed by atoms with Crippen molar-refractivity contribution in [2.75, 3.05) is 6.61 Å². The van der Waals surface area contributed by atoms with E-state index in [1.807, 2.05) is 0 Å². The number of aliphatic hydroxyl groups is 2. The van der Waals surface area contributed by atoms with Gasteiger partial charge in [0.25, 0.3) is 0 Å². The van der Waals surface area contributed by atoms with Crippen LogP contribution in [0, 0.1) is 0 Å². The van der Waals surface area contributed by atoms with Gasteiger partial charge in [-0.1, -0.05) is 36.4 Å². The third kappa shape index (κ3) is 4.08. The van der Waals surface area contributed by atoms with Crippen molar-refractivity contribution in [2.24, 2.45) is 0 Å². The molecular weight excluding hydrogens is 340 g/mol. The molecule has 7 nitrogen and oxygen atoms in total. The minimum Gasteiger partial charge on any atom is -0.452 e. The molecular formula is C19H18O7. The molecule has 4 atom stereocenters. The molecule has 0 amide bonds. The Bertz CT molecular complexity index is 681. The molecule has 0 radical (unpaired) electrons. The monoisotopic (exact) mass is 358 g/mol. The van der Waals surface area contributed by atoms with E-state index in [4.69, 9.17) is 14.2 Å². The number of ether oxygens (including phenoxy) is 3. The molecule has 0 spiro atoms. The summed E-state index contributed by atoms with van der Waals surface area (Å²) in [6.07, 6.45) is -5.41. The second kappa shape index (κ2) is 8.09. The van der Waals surface area contributed by atoms with Crippen molar-refractivity contribution in [1.82, 2.24) is 0 Å². The van der Waals surface area contributed by atoms with Crippen molar-refractivity contribution in [3.8, 4) is 0 Å². The van der Waals surface area contributed by atoms with Gasteiger partial charge in [0.1, 0.15) is 6.10 Å². The van der Waals surface area contributed by atoms with Gasteiger partial charge in [-0.15, -0.1) is 0 Å². The molecule has 26 heavy (non-hydrogen) atoms. The molecule has 1 aliphatic heterocycles. The van der Waals surface area contributed by atoms with Crippen molar-refractivity contribution >= 4 is 11.9 Å². The first-order valence-corrected chi connectivity index (χ1v) is 8.06. The molecule has 0 unspecified atom stereocenters. The summed E-state index contributed by atoms with van der Waals surface area (Å²) in [7, 11) is 0. The number of aliphatic hydroxyl groups excluding tert-OH is 2. The SMILES string of the molecule is O=C(O[C@@H]1[C@@H](OC(=O)c2ccccc2)[C@@H](O)CO[C@H]1O)c1ccccc1. The third-order valence-electron chi connectivity index (χ3n) is 3.93. The van der Waals surface area contributed by atoms with Gasteiger partial charge >= 0.3 is 11.9 Å². The van der Waals surface area contributed by atoms with E-state index in [9.17, 15) is 19.8 Å². The Morgan fingerprint density at radius 2 is 1.27 bits per heavy atom. The molecule has 2 N–H and O–H groups in total. The molecule has 2 aromatic carbocycles. The van der Waals surface area contributed by atoms with Crippen LogP contribution in [0.3, 0.4) is 0 Å². The summed E-state index contributed by atoms with van der Waals surface area (Å²) < 4.78 is 15.6. The molecule has 0 bridgehead atoms. The van der Waals surface area contributed by atoms with Gasteiger partial charge in [-0.05, 0) is 24.3 Å². The average molecular weight is 358 g/mol. The molecule has 1 saturated heterocycles. The number of hydrogen-bond donors (Lipinski definition) is 2. The van der Waals surface area contributed by atoms with E-state index in [2.05, 4.69) is 0 Å². The summed E-state index contributed by atoms with van der Waals surface area (Å²) in [6, 6.07) is 16.3. The first kappa shape index (κ1) is 18.1.